The molecule has 1 N–H and O–H groups in total. The molecule has 2 heteroatoms. The molecule has 4 rings (SSSR count). The summed E-state index contributed by atoms with van der Waals surface area (Å²) < 4.78 is 0. The highest BCUT2D eigenvalue weighted by Crippen LogP contribution is 2.40. The van der Waals surface area contributed by atoms with Crippen molar-refractivity contribution in [2.45, 2.75) is 24.7 Å². The molecule has 1 saturated heterocycles. The van der Waals surface area contributed by atoms with E-state index in [-0.39, 0.29) is 0 Å². The van der Waals surface area contributed by atoms with Crippen molar-refractivity contribution >= 4 is 0 Å². The monoisotopic (exact) mass is 198 g/mol. The number of benzene rings is 1. The molecule has 2 atom stereocenters. The summed E-state index contributed by atoms with van der Waals surface area (Å²) in [6, 6.07) is 8.46. The lowest BCUT2D eigenvalue weighted by molar-refractivity contribution is 0.549. The van der Waals surface area contributed by atoms with E-state index in [1.165, 1.54) is 24.0 Å². The van der Waals surface area contributed by atoms with E-state index in [2.05, 4.69) is 23.5 Å². The number of nitriles is 1. The van der Waals surface area contributed by atoms with Crippen LogP contribution in [0.3, 0.4) is 0 Å². The van der Waals surface area contributed by atoms with Crippen LogP contribution in [0.2, 0.25) is 0 Å². The number of hydrogen-bond acceptors (Lipinski definition) is 2. The topological polar surface area (TPSA) is 35.8 Å². The van der Waals surface area contributed by atoms with Crippen molar-refractivity contribution in [3.63, 3.8) is 0 Å². The van der Waals surface area contributed by atoms with Gasteiger partial charge in [0.2, 0.25) is 0 Å². The quantitative estimate of drug-likeness (QED) is 0.693. The third-order valence-corrected chi connectivity index (χ3v) is 3.74. The molecule has 15 heavy (non-hydrogen) atoms. The standard InChI is InChI=1S/C13H14N2/c14-6-9-1-4-12-10-2-3-11(8-15-7-10)13(12)5-9/h1,4-5,10-11,15H,2-3,7-8H2. The van der Waals surface area contributed by atoms with Crippen molar-refractivity contribution < 1.29 is 0 Å². The van der Waals surface area contributed by atoms with Gasteiger partial charge in [-0.2, -0.15) is 5.26 Å². The molecule has 1 aliphatic carbocycles. The zero-order valence-corrected chi connectivity index (χ0v) is 8.66. The summed E-state index contributed by atoms with van der Waals surface area (Å²) in [4.78, 5) is 0. The van der Waals surface area contributed by atoms with Gasteiger partial charge in [0.15, 0.2) is 0 Å². The fourth-order valence-corrected chi connectivity index (χ4v) is 2.94. The Kier molecular flexibility index (Phi) is 2.00. The first-order valence-electron chi connectivity index (χ1n) is 5.63. The smallest absolute Gasteiger partial charge is 0.0991 e. The van der Waals surface area contributed by atoms with Gasteiger partial charge in [0.05, 0.1) is 11.6 Å². The SMILES string of the molecule is N#Cc1ccc2c(c1)C1CCC2CNC1. The van der Waals surface area contributed by atoms with Crippen LogP contribution < -0.4 is 5.32 Å². The minimum absolute atomic E-state index is 0.632. The average Bonchev–Trinajstić information content (AvgIpc) is 2.62. The van der Waals surface area contributed by atoms with Gasteiger partial charge in [-0.25, -0.2) is 0 Å². The molecular weight excluding hydrogens is 184 g/mol. The van der Waals surface area contributed by atoms with Gasteiger partial charge in [0, 0.05) is 13.1 Å². The molecule has 0 spiro atoms. The van der Waals surface area contributed by atoms with E-state index in [0.717, 1.165) is 18.7 Å². The predicted molar refractivity (Wildman–Crippen MR) is 58.7 cm³/mol. The molecule has 3 aliphatic rings. The second-order valence-corrected chi connectivity index (χ2v) is 4.58. The summed E-state index contributed by atoms with van der Waals surface area (Å²) in [6.45, 7) is 2.19. The van der Waals surface area contributed by atoms with E-state index in [9.17, 15) is 0 Å². The summed E-state index contributed by atoms with van der Waals surface area (Å²) in [6.07, 6.45) is 2.58. The molecule has 0 aromatic heterocycles. The molecule has 0 amide bonds. The molecule has 1 aromatic rings. The first-order chi connectivity index (χ1) is 7.38. The number of nitrogens with zero attached hydrogens (tertiary/aromatic N) is 1. The van der Waals surface area contributed by atoms with Gasteiger partial charge >= 0.3 is 0 Å². The highest BCUT2D eigenvalue weighted by atomic mass is 14.9. The molecule has 76 valence electrons. The van der Waals surface area contributed by atoms with Crippen LogP contribution in [0, 0.1) is 11.3 Å². The lowest BCUT2D eigenvalue weighted by Gasteiger charge is -2.26. The Morgan fingerprint density at radius 3 is 2.60 bits per heavy atom. The number of rotatable bonds is 0. The molecule has 2 nitrogen and oxygen atoms in total. The molecule has 2 aliphatic heterocycles. The lowest BCUT2D eigenvalue weighted by atomic mass is 9.78. The van der Waals surface area contributed by atoms with Gasteiger partial charge in [-0.15, -0.1) is 0 Å². The van der Waals surface area contributed by atoms with Crippen molar-refractivity contribution in [1.82, 2.24) is 5.32 Å². The van der Waals surface area contributed by atoms with Gasteiger partial charge in [0.25, 0.3) is 0 Å². The molecule has 1 aromatic carbocycles. The summed E-state index contributed by atoms with van der Waals surface area (Å²) in [5.41, 5.74) is 3.71. The van der Waals surface area contributed by atoms with E-state index >= 15 is 0 Å². The fourth-order valence-electron chi connectivity index (χ4n) is 2.94. The van der Waals surface area contributed by atoms with E-state index in [4.69, 9.17) is 5.26 Å². The Hall–Kier alpha value is -1.33. The molecule has 0 saturated carbocycles. The Balaban J connectivity index is 2.15. The number of nitrogens with one attached hydrogen (secondary N) is 1. The first kappa shape index (κ1) is 8.94. The van der Waals surface area contributed by atoms with Crippen molar-refractivity contribution in [2.75, 3.05) is 13.1 Å². The van der Waals surface area contributed by atoms with E-state index < -0.39 is 0 Å². The lowest BCUT2D eigenvalue weighted by Crippen LogP contribution is -2.18. The number of fused-ring (bicyclic) bond motifs is 3. The average molecular weight is 198 g/mol. The molecule has 0 radical (unpaired) electrons. The Labute approximate surface area is 89.9 Å². The van der Waals surface area contributed by atoms with E-state index in [1.807, 2.05) is 6.07 Å². The van der Waals surface area contributed by atoms with Crippen LogP contribution in [0.4, 0.5) is 0 Å². The zero-order chi connectivity index (χ0) is 10.3. The second kappa shape index (κ2) is 3.36. The normalized spacial score (nSPS) is 27.9. The summed E-state index contributed by atoms with van der Waals surface area (Å²) in [5, 5.41) is 12.4. The van der Waals surface area contributed by atoms with Crippen LogP contribution in [-0.4, -0.2) is 13.1 Å². The van der Waals surface area contributed by atoms with E-state index in [1.54, 1.807) is 0 Å². The summed E-state index contributed by atoms with van der Waals surface area (Å²) in [5.74, 6) is 1.30. The maximum Gasteiger partial charge on any atom is 0.0991 e. The molecule has 2 heterocycles. The fraction of sp³-hybridized carbons (Fsp3) is 0.462. The van der Waals surface area contributed by atoms with Crippen LogP contribution in [0.15, 0.2) is 18.2 Å². The third-order valence-electron chi connectivity index (χ3n) is 3.74. The van der Waals surface area contributed by atoms with Gasteiger partial charge in [-0.05, 0) is 47.9 Å². The minimum atomic E-state index is 0.632. The largest absolute Gasteiger partial charge is 0.316 e. The van der Waals surface area contributed by atoms with Gasteiger partial charge in [-0.1, -0.05) is 6.07 Å². The summed E-state index contributed by atoms with van der Waals surface area (Å²) in [7, 11) is 0. The number of hydrogen-bond donors (Lipinski definition) is 1. The molecular formula is C13H14N2. The van der Waals surface area contributed by atoms with Crippen LogP contribution in [0.1, 0.15) is 41.4 Å². The highest BCUT2D eigenvalue weighted by molar-refractivity contribution is 5.44. The van der Waals surface area contributed by atoms with Crippen molar-refractivity contribution in [1.29, 1.82) is 5.26 Å². The molecule has 1 fully saturated rings. The third kappa shape index (κ3) is 1.35. The maximum absolute atomic E-state index is 8.91. The van der Waals surface area contributed by atoms with Crippen LogP contribution in [0.25, 0.3) is 0 Å². The van der Waals surface area contributed by atoms with Crippen LogP contribution in [0.5, 0.6) is 0 Å². The minimum Gasteiger partial charge on any atom is -0.316 e. The highest BCUT2D eigenvalue weighted by Gasteiger charge is 2.30. The van der Waals surface area contributed by atoms with Gasteiger partial charge in [0.1, 0.15) is 0 Å². The van der Waals surface area contributed by atoms with Gasteiger partial charge in [-0.3, -0.25) is 0 Å². The molecule has 2 unspecified atom stereocenters. The van der Waals surface area contributed by atoms with Crippen LogP contribution in [-0.2, 0) is 0 Å². The summed E-state index contributed by atoms with van der Waals surface area (Å²) >= 11 is 0. The predicted octanol–water partition coefficient (Wildman–Crippen LogP) is 2.12. The Bertz CT molecular complexity index is 427. The first-order valence-corrected chi connectivity index (χ1v) is 5.63. The molecule has 2 bridgehead atoms. The Morgan fingerprint density at radius 2 is 1.87 bits per heavy atom. The van der Waals surface area contributed by atoms with Crippen molar-refractivity contribution in [3.05, 3.63) is 34.9 Å². The Morgan fingerprint density at radius 1 is 1.13 bits per heavy atom. The van der Waals surface area contributed by atoms with Crippen molar-refractivity contribution in [2.24, 2.45) is 0 Å². The van der Waals surface area contributed by atoms with Gasteiger partial charge < -0.3 is 5.32 Å². The maximum atomic E-state index is 8.91. The van der Waals surface area contributed by atoms with Crippen molar-refractivity contribution in [3.8, 4) is 6.07 Å². The second-order valence-electron chi connectivity index (χ2n) is 4.58. The zero-order valence-electron chi connectivity index (χ0n) is 8.66. The van der Waals surface area contributed by atoms with Crippen LogP contribution >= 0.6 is 0 Å². The van der Waals surface area contributed by atoms with E-state index in [0.29, 0.717) is 11.8 Å².